The number of carbonyl (C=O) groups excluding carboxylic acids is 10. The van der Waals surface area contributed by atoms with E-state index in [2.05, 4.69) is 25.9 Å². The molecule has 7 amide bonds. The molecule has 5 heterocycles. The van der Waals surface area contributed by atoms with Crippen molar-refractivity contribution in [1.29, 1.82) is 0 Å². The van der Waals surface area contributed by atoms with Gasteiger partial charge >= 0.3 is 7.60 Å². The van der Waals surface area contributed by atoms with Crippen molar-refractivity contribution in [2.45, 2.75) is 180 Å². The maximum absolute atomic E-state index is 14.5. The molecule has 0 spiro atoms. The monoisotopic (exact) mass is 1210 g/mol. The average Bonchev–Trinajstić information content (AvgIpc) is 3.90. The summed E-state index contributed by atoms with van der Waals surface area (Å²) in [5, 5.41) is 19.4. The Morgan fingerprint density at radius 1 is 0.859 bits per heavy atom. The van der Waals surface area contributed by atoms with Crippen LogP contribution in [0.15, 0.2) is 54.0 Å². The molecule has 3 saturated heterocycles. The first-order valence-corrected chi connectivity index (χ1v) is 31.7. The topological polar surface area (TPSA) is 349 Å². The second-order valence-corrected chi connectivity index (χ2v) is 26.2. The van der Waals surface area contributed by atoms with Crippen molar-refractivity contribution in [3.05, 3.63) is 76.6 Å². The number of nitrogens with two attached hydrogens (primary N) is 1. The zero-order chi connectivity index (χ0) is 61.9. The number of carbonyl (C=O) groups is 10. The fourth-order valence-electron chi connectivity index (χ4n) is 11.6. The molecule has 3 aliphatic rings. The number of thiazole rings is 1. The summed E-state index contributed by atoms with van der Waals surface area (Å²) in [6.07, 6.45) is 5.47. The van der Waals surface area contributed by atoms with Crippen LogP contribution in [-0.4, -0.2) is 154 Å². The minimum atomic E-state index is -5.09. The Hall–Kier alpha value is -6.98. The Bertz CT molecular complexity index is 3190. The number of fused-ring (bicyclic) bond motifs is 2. The number of Topliss-reactive ketones (excluding diaryl/α,β-unsaturated/α-hetero) is 2. The minimum absolute atomic E-state index is 0.00368. The lowest BCUT2D eigenvalue weighted by Crippen LogP contribution is -2.61. The number of aliphatic hydroxyl groups is 1. The van der Waals surface area contributed by atoms with Gasteiger partial charge in [0.15, 0.2) is 5.78 Å². The van der Waals surface area contributed by atoms with Gasteiger partial charge in [0.1, 0.15) is 29.6 Å². The highest BCUT2D eigenvalue weighted by atomic mass is 32.1. The van der Waals surface area contributed by atoms with Crippen molar-refractivity contribution in [3.63, 3.8) is 0 Å². The van der Waals surface area contributed by atoms with Crippen molar-refractivity contribution in [2.75, 3.05) is 19.6 Å². The zero-order valence-electron chi connectivity index (χ0n) is 48.9. The second-order valence-electron chi connectivity index (χ2n) is 23.9. The maximum atomic E-state index is 14.5. The van der Waals surface area contributed by atoms with Gasteiger partial charge < -0.3 is 56.3 Å². The highest BCUT2D eigenvalue weighted by Crippen LogP contribution is 2.40. The number of amides is 7. The summed E-state index contributed by atoms with van der Waals surface area (Å²) in [5.74, 6) is -4.75. The molecular weight excluding hydrogens is 1130 g/mol. The molecule has 23 nitrogen and oxygen atoms in total. The number of hydrogen-bond acceptors (Lipinski definition) is 14. The van der Waals surface area contributed by atoms with E-state index in [9.17, 15) is 67.4 Å². The van der Waals surface area contributed by atoms with Crippen LogP contribution in [-0.2, 0) is 49.5 Å². The average molecular weight is 1210 g/mol. The van der Waals surface area contributed by atoms with Crippen LogP contribution < -0.4 is 21.7 Å². The lowest BCUT2D eigenvalue weighted by molar-refractivity contribution is -0.146. The molecule has 2 aromatic carbocycles. The smallest absolute Gasteiger partial charge is 0.391 e. The van der Waals surface area contributed by atoms with Crippen molar-refractivity contribution >= 4 is 88.3 Å². The highest BCUT2D eigenvalue weighted by Gasteiger charge is 2.47. The van der Waals surface area contributed by atoms with Gasteiger partial charge in [-0.3, -0.25) is 52.5 Å². The second kappa shape index (κ2) is 28.9. The van der Waals surface area contributed by atoms with E-state index in [0.29, 0.717) is 37.6 Å². The van der Waals surface area contributed by atoms with Crippen LogP contribution in [0, 0.1) is 18.3 Å². The molecule has 0 saturated carbocycles. The number of primary amides is 1. The number of nitrogens with one attached hydrogen (secondary N) is 4. The van der Waals surface area contributed by atoms with Gasteiger partial charge in [-0.1, -0.05) is 77.1 Å². The summed E-state index contributed by atoms with van der Waals surface area (Å²) in [4.78, 5) is 165. The van der Waals surface area contributed by atoms with Gasteiger partial charge in [-0.05, 0) is 86.3 Å². The number of hydrogen-bond donors (Lipinski definition) is 8. The number of benzene rings is 2. The third-order valence-electron chi connectivity index (χ3n) is 16.5. The Labute approximate surface area is 498 Å². The number of nitrogens with zero attached hydrogens (tertiary/aromatic N) is 4. The first kappa shape index (κ1) is 65.6. The molecule has 0 unspecified atom stereocenters. The Morgan fingerprint density at radius 3 is 2.18 bits per heavy atom. The largest absolute Gasteiger partial charge is 0.396 e. The number of ketones is 2. The van der Waals surface area contributed by atoms with Crippen LogP contribution in [0.1, 0.15) is 163 Å². The van der Waals surface area contributed by atoms with Crippen LogP contribution >= 0.6 is 18.9 Å². The molecular formula is C60H80N9O14PS. The molecule has 9 N–H and O–H groups in total. The fourth-order valence-corrected chi connectivity index (χ4v) is 12.9. The van der Waals surface area contributed by atoms with Crippen LogP contribution in [0.25, 0.3) is 21.3 Å². The first-order valence-electron chi connectivity index (χ1n) is 29.2. The number of rotatable bonds is 27. The number of aromatic amines is 1. The molecule has 7 rings (SSSR count). The number of unbranched alkanes of at least 4 members (excludes halogenated alkanes) is 6. The predicted octanol–water partition coefficient (Wildman–Crippen LogP) is 5.36. The van der Waals surface area contributed by atoms with E-state index in [1.165, 1.54) is 45.9 Å². The number of H-pyrrole nitrogens is 1. The fraction of sp³-hybridized carbons (Fsp3) is 0.550. The van der Waals surface area contributed by atoms with Crippen molar-refractivity contribution < 1.29 is 67.4 Å². The Balaban J connectivity index is 0.851. The summed E-state index contributed by atoms with van der Waals surface area (Å²) in [7, 11) is -5.09. The van der Waals surface area contributed by atoms with Crippen LogP contribution in [0.4, 0.5) is 0 Å². The SMILES string of the molecule is CC(=O)N1CC[C@H]2CC[C@@H](C(=O)N[C@@H](CCC(N)=O)C(=O)CCCCCCCCCC(=O)C[C@H](C(=O)N3C[C@H](O)C[C@H]3C(=O)NCc3ccc(-c4scnc4C)cc3)C(C)(C)C)N2C(=O)[C@@H](NC(=O)c2cc3cc(C(=O)P(=O)(O)O)ccc3[nH]2)C1. The Kier molecular flexibility index (Phi) is 22.3. The number of aliphatic hydroxyl groups excluding tert-OH is 1. The normalized spacial score (nSPS) is 19.8. The zero-order valence-corrected chi connectivity index (χ0v) is 50.6. The molecule has 460 valence electrons. The van der Waals surface area contributed by atoms with Gasteiger partial charge in [0.05, 0.1) is 28.2 Å². The standard InChI is InChI=1S/C60H80N9O14PS/c1-35-53(85-34-63-35)38-17-15-37(16-18-38)31-62-55(76)50-30-43(72)32-68(50)57(78)44(60(3,4)5)29-42(71)13-11-9-7-6-8-10-12-14-51(73)46(22-24-52(61)74)65-56(77)49-23-20-41-25-26-67(36(2)70)33-48(58(79)69(41)49)66-54(75)47-28-40-27-39(19-21-45(40)64-47)59(80)84(81,82)83/h15-19,21,27-28,34,41,43-44,46,48-50,64,72H,6-14,20,22-26,29-33H2,1-5H3,(H2,61,74)(H,62,76)(H,65,77)(H,66,75)(H2,81,82,83)/t41-,43-,44-,46+,48+,49+,50+/m1/s1. The van der Waals surface area contributed by atoms with E-state index in [4.69, 9.17) is 5.73 Å². The van der Waals surface area contributed by atoms with Gasteiger partial charge in [0.25, 0.3) is 11.4 Å². The predicted molar refractivity (Wildman–Crippen MR) is 316 cm³/mol. The lowest BCUT2D eigenvalue weighted by atomic mass is 9.76. The molecule has 0 aliphatic carbocycles. The summed E-state index contributed by atoms with van der Waals surface area (Å²) >= 11 is 1.56. The van der Waals surface area contributed by atoms with Crippen molar-refractivity contribution in [3.8, 4) is 10.4 Å². The molecule has 2 aromatic heterocycles. The first-order chi connectivity index (χ1) is 40.2. The molecule has 7 atom stereocenters. The molecule has 0 bridgehead atoms. The third kappa shape index (κ3) is 17.4. The molecule has 85 heavy (non-hydrogen) atoms. The number of aromatic nitrogens is 2. The van der Waals surface area contributed by atoms with E-state index in [-0.39, 0.29) is 117 Å². The highest BCUT2D eigenvalue weighted by molar-refractivity contribution is 7.70. The quantitative estimate of drug-likeness (QED) is 0.0275. The van der Waals surface area contributed by atoms with E-state index in [0.717, 1.165) is 47.4 Å². The number of β-amino-alcohol motifs (C(OH)–C–C–N with tert-alkyl or cyclic N) is 1. The lowest BCUT2D eigenvalue weighted by Gasteiger charge is -2.38. The van der Waals surface area contributed by atoms with Gasteiger partial charge in [0.2, 0.25) is 35.4 Å². The van der Waals surface area contributed by atoms with Crippen LogP contribution in [0.5, 0.6) is 0 Å². The minimum Gasteiger partial charge on any atom is -0.391 e. The summed E-state index contributed by atoms with van der Waals surface area (Å²) < 4.78 is 11.6. The summed E-state index contributed by atoms with van der Waals surface area (Å²) in [5.41, 5.74) is 8.18. The van der Waals surface area contributed by atoms with Gasteiger partial charge in [-0.15, -0.1) is 11.3 Å². The number of aryl methyl sites for hydroxylation is 1. The van der Waals surface area contributed by atoms with Gasteiger partial charge in [-0.2, -0.15) is 0 Å². The molecule has 25 heteroatoms. The Morgan fingerprint density at radius 2 is 1.54 bits per heavy atom. The van der Waals surface area contributed by atoms with Gasteiger partial charge in [0, 0.05) is 93.6 Å². The molecule has 3 aliphatic heterocycles. The van der Waals surface area contributed by atoms with Crippen molar-refractivity contribution in [1.82, 2.24) is 40.6 Å². The van der Waals surface area contributed by atoms with E-state index in [1.54, 1.807) is 16.8 Å². The third-order valence-corrected chi connectivity index (χ3v) is 18.2. The van der Waals surface area contributed by atoms with Crippen LogP contribution in [0.2, 0.25) is 0 Å². The molecule has 3 fully saturated rings. The van der Waals surface area contributed by atoms with E-state index >= 15 is 0 Å². The van der Waals surface area contributed by atoms with E-state index in [1.807, 2.05) is 52.0 Å². The van der Waals surface area contributed by atoms with E-state index < -0.39 is 84.4 Å². The summed E-state index contributed by atoms with van der Waals surface area (Å²) in [6.45, 7) is 9.24. The molecule has 4 aromatic rings. The van der Waals surface area contributed by atoms with Crippen LogP contribution in [0.3, 0.4) is 0 Å². The van der Waals surface area contributed by atoms with Crippen molar-refractivity contribution in [2.24, 2.45) is 17.1 Å². The number of likely N-dealkylation sites (tertiary alicyclic amines) is 1. The molecule has 0 radical (unpaired) electrons. The maximum Gasteiger partial charge on any atom is 0.396 e. The summed E-state index contributed by atoms with van der Waals surface area (Å²) in [6, 6.07) is 8.18. The van der Waals surface area contributed by atoms with Gasteiger partial charge in [-0.25, -0.2) is 4.98 Å².